The molecule has 1 aliphatic rings. The normalized spacial score (nSPS) is 22.9. The van der Waals surface area contributed by atoms with Crippen molar-refractivity contribution >= 4 is 0 Å². The SMILES string of the molecule is CCNC1c2cc(OC(C)C)ccc2CC1C. The van der Waals surface area contributed by atoms with Crippen LogP contribution in [0.3, 0.4) is 0 Å². The van der Waals surface area contributed by atoms with E-state index in [4.69, 9.17) is 4.74 Å². The highest BCUT2D eigenvalue weighted by molar-refractivity contribution is 5.41. The lowest BCUT2D eigenvalue weighted by molar-refractivity contribution is 0.242. The molecule has 2 nitrogen and oxygen atoms in total. The summed E-state index contributed by atoms with van der Waals surface area (Å²) in [4.78, 5) is 0. The average molecular weight is 233 g/mol. The molecule has 2 rings (SSSR count). The quantitative estimate of drug-likeness (QED) is 0.861. The molecule has 1 aromatic rings. The first-order valence-electron chi connectivity index (χ1n) is 6.64. The van der Waals surface area contributed by atoms with Crippen LogP contribution in [0.5, 0.6) is 5.75 Å². The molecule has 0 heterocycles. The van der Waals surface area contributed by atoms with Gasteiger partial charge in [-0.25, -0.2) is 0 Å². The van der Waals surface area contributed by atoms with Gasteiger partial charge in [-0.15, -0.1) is 0 Å². The molecule has 0 spiro atoms. The van der Waals surface area contributed by atoms with Crippen molar-refractivity contribution in [2.24, 2.45) is 5.92 Å². The lowest BCUT2D eigenvalue weighted by atomic mass is 10.0. The molecule has 94 valence electrons. The molecule has 1 aromatic carbocycles. The Morgan fingerprint density at radius 2 is 2.18 bits per heavy atom. The number of rotatable bonds is 4. The summed E-state index contributed by atoms with van der Waals surface area (Å²) in [5, 5.41) is 3.58. The maximum absolute atomic E-state index is 5.77. The summed E-state index contributed by atoms with van der Waals surface area (Å²) in [5.41, 5.74) is 2.90. The number of nitrogens with one attached hydrogen (secondary N) is 1. The van der Waals surface area contributed by atoms with Gasteiger partial charge in [-0.05, 0) is 56.0 Å². The molecule has 2 heteroatoms. The second kappa shape index (κ2) is 5.09. The van der Waals surface area contributed by atoms with Gasteiger partial charge in [-0.1, -0.05) is 19.9 Å². The van der Waals surface area contributed by atoms with Crippen LogP contribution >= 0.6 is 0 Å². The maximum Gasteiger partial charge on any atom is 0.120 e. The fraction of sp³-hybridized carbons (Fsp3) is 0.600. The van der Waals surface area contributed by atoms with Crippen molar-refractivity contribution in [3.05, 3.63) is 29.3 Å². The van der Waals surface area contributed by atoms with Crippen LogP contribution in [-0.4, -0.2) is 12.6 Å². The van der Waals surface area contributed by atoms with Gasteiger partial charge in [0.2, 0.25) is 0 Å². The summed E-state index contributed by atoms with van der Waals surface area (Å²) >= 11 is 0. The van der Waals surface area contributed by atoms with Gasteiger partial charge in [0.15, 0.2) is 0 Å². The number of benzene rings is 1. The summed E-state index contributed by atoms with van der Waals surface area (Å²) in [7, 11) is 0. The van der Waals surface area contributed by atoms with E-state index in [9.17, 15) is 0 Å². The smallest absolute Gasteiger partial charge is 0.120 e. The van der Waals surface area contributed by atoms with Crippen LogP contribution in [0, 0.1) is 5.92 Å². The summed E-state index contributed by atoms with van der Waals surface area (Å²) in [6.45, 7) is 9.63. The minimum atomic E-state index is 0.240. The molecular formula is C15H23NO. The third-order valence-corrected chi connectivity index (χ3v) is 3.36. The summed E-state index contributed by atoms with van der Waals surface area (Å²) in [6, 6.07) is 7.03. The number of hydrogen-bond acceptors (Lipinski definition) is 2. The van der Waals surface area contributed by atoms with E-state index < -0.39 is 0 Å². The lowest BCUT2D eigenvalue weighted by Crippen LogP contribution is -2.23. The predicted molar refractivity (Wildman–Crippen MR) is 71.5 cm³/mol. The zero-order valence-electron chi connectivity index (χ0n) is 11.3. The van der Waals surface area contributed by atoms with E-state index >= 15 is 0 Å². The highest BCUT2D eigenvalue weighted by Crippen LogP contribution is 2.37. The Morgan fingerprint density at radius 3 is 2.82 bits per heavy atom. The van der Waals surface area contributed by atoms with Crippen LogP contribution < -0.4 is 10.1 Å². The largest absolute Gasteiger partial charge is 0.491 e. The van der Waals surface area contributed by atoms with Crippen molar-refractivity contribution in [1.29, 1.82) is 0 Å². The van der Waals surface area contributed by atoms with Crippen molar-refractivity contribution in [1.82, 2.24) is 5.32 Å². The standard InChI is InChI=1S/C15H23NO/c1-5-16-15-11(4)8-12-6-7-13(9-14(12)15)17-10(2)3/h6-7,9-11,15-16H,5,8H2,1-4H3. The van der Waals surface area contributed by atoms with Gasteiger partial charge in [0.1, 0.15) is 5.75 Å². The van der Waals surface area contributed by atoms with Crippen LogP contribution in [0.4, 0.5) is 0 Å². The molecule has 0 bridgehead atoms. The predicted octanol–water partition coefficient (Wildman–Crippen LogP) is 3.32. The molecule has 0 amide bonds. The molecule has 0 fully saturated rings. The van der Waals surface area contributed by atoms with Crippen LogP contribution in [0.1, 0.15) is 44.9 Å². The second-order valence-electron chi connectivity index (χ2n) is 5.24. The van der Waals surface area contributed by atoms with Crippen molar-refractivity contribution < 1.29 is 4.74 Å². The van der Waals surface area contributed by atoms with Crippen LogP contribution in [0.25, 0.3) is 0 Å². The third-order valence-electron chi connectivity index (χ3n) is 3.36. The molecule has 1 aliphatic carbocycles. The van der Waals surface area contributed by atoms with E-state index in [-0.39, 0.29) is 6.10 Å². The molecule has 0 saturated carbocycles. The Balaban J connectivity index is 2.25. The van der Waals surface area contributed by atoms with Crippen LogP contribution in [0.15, 0.2) is 18.2 Å². The number of ether oxygens (including phenoxy) is 1. The van der Waals surface area contributed by atoms with E-state index in [0.29, 0.717) is 12.0 Å². The van der Waals surface area contributed by atoms with Gasteiger partial charge in [0.25, 0.3) is 0 Å². The Kier molecular flexibility index (Phi) is 3.72. The van der Waals surface area contributed by atoms with E-state index in [1.165, 1.54) is 17.5 Å². The van der Waals surface area contributed by atoms with Crippen LogP contribution in [-0.2, 0) is 6.42 Å². The van der Waals surface area contributed by atoms with Crippen LogP contribution in [0.2, 0.25) is 0 Å². The van der Waals surface area contributed by atoms with E-state index in [1.807, 2.05) is 0 Å². The van der Waals surface area contributed by atoms with Gasteiger partial charge in [0.05, 0.1) is 6.10 Å². The van der Waals surface area contributed by atoms with Gasteiger partial charge >= 0.3 is 0 Å². The minimum Gasteiger partial charge on any atom is -0.491 e. The monoisotopic (exact) mass is 233 g/mol. The topological polar surface area (TPSA) is 21.3 Å². The molecular weight excluding hydrogens is 210 g/mol. The number of hydrogen-bond donors (Lipinski definition) is 1. The molecule has 0 saturated heterocycles. The first-order chi connectivity index (χ1) is 8.11. The van der Waals surface area contributed by atoms with Crippen molar-refractivity contribution in [2.45, 2.75) is 46.3 Å². The molecule has 0 aromatic heterocycles. The van der Waals surface area contributed by atoms with Gasteiger partial charge in [0, 0.05) is 6.04 Å². The number of fused-ring (bicyclic) bond motifs is 1. The molecule has 17 heavy (non-hydrogen) atoms. The summed E-state index contributed by atoms with van der Waals surface area (Å²) < 4.78 is 5.77. The Morgan fingerprint density at radius 1 is 1.41 bits per heavy atom. The fourth-order valence-corrected chi connectivity index (χ4v) is 2.70. The first kappa shape index (κ1) is 12.4. The van der Waals surface area contributed by atoms with Gasteiger partial charge < -0.3 is 10.1 Å². The minimum absolute atomic E-state index is 0.240. The molecule has 0 radical (unpaired) electrons. The Labute approximate surface area is 104 Å². The van der Waals surface area contributed by atoms with Gasteiger partial charge in [-0.3, -0.25) is 0 Å². The van der Waals surface area contributed by atoms with Crippen molar-refractivity contribution in [2.75, 3.05) is 6.54 Å². The van der Waals surface area contributed by atoms with E-state index in [0.717, 1.165) is 12.3 Å². The molecule has 1 N–H and O–H groups in total. The zero-order chi connectivity index (χ0) is 12.4. The lowest BCUT2D eigenvalue weighted by Gasteiger charge is -2.18. The Hall–Kier alpha value is -1.02. The molecule has 2 atom stereocenters. The Bertz CT molecular complexity index is 387. The van der Waals surface area contributed by atoms with Crippen molar-refractivity contribution in [3.63, 3.8) is 0 Å². The third kappa shape index (κ3) is 2.63. The first-order valence-corrected chi connectivity index (χ1v) is 6.64. The summed E-state index contributed by atoms with van der Waals surface area (Å²) in [6.07, 6.45) is 1.42. The van der Waals surface area contributed by atoms with Gasteiger partial charge in [-0.2, -0.15) is 0 Å². The highest BCUT2D eigenvalue weighted by atomic mass is 16.5. The zero-order valence-corrected chi connectivity index (χ0v) is 11.3. The maximum atomic E-state index is 5.77. The fourth-order valence-electron chi connectivity index (χ4n) is 2.70. The van der Waals surface area contributed by atoms with Crippen molar-refractivity contribution in [3.8, 4) is 5.75 Å². The average Bonchev–Trinajstić information content (AvgIpc) is 2.55. The highest BCUT2D eigenvalue weighted by Gasteiger charge is 2.28. The molecule has 0 aliphatic heterocycles. The summed E-state index contributed by atoms with van der Waals surface area (Å²) in [5.74, 6) is 1.68. The van der Waals surface area contributed by atoms with E-state index in [2.05, 4.69) is 51.2 Å². The second-order valence-corrected chi connectivity index (χ2v) is 5.24. The molecule has 2 unspecified atom stereocenters. The van der Waals surface area contributed by atoms with E-state index in [1.54, 1.807) is 0 Å².